The standard InChI is InChI=1S/C18H30NO2.C17H28NO2.C15H24NO2.C12H18NO2.4CH4O/c1-4-7-14-19(6-3,13-5-2)15-16-21-18(20)17-11-9-8-10-12-17;1-4-12-18(6-3,13-5-2)14-15-20-17(19)16-10-8-7-9-11-16;1-4-16(5-2,6-3)12-13-18-15(17)14-10-8-7-9-11-14;1-13(2,3)9-10-15-12(14)11-7-5-4-6-8-11;4*1-2/h8-12H,4-7,13-16H2,1-3H3;7-11H,4-6,12-15H2,1-3H3;7-11H,4-6,12-13H2,1-3H3;4-8H,9-10H2,1-3H3;4*2H,1H3/q4*+1;;;;. The molecule has 0 saturated heterocycles. The molecule has 0 saturated carbocycles. The van der Waals surface area contributed by atoms with E-state index in [4.69, 9.17) is 39.4 Å². The van der Waals surface area contributed by atoms with Crippen LogP contribution in [0.5, 0.6) is 0 Å². The molecule has 82 heavy (non-hydrogen) atoms. The Kier molecular flexibility index (Phi) is 54.0. The Morgan fingerprint density at radius 1 is 0.305 bits per heavy atom. The molecule has 1 unspecified atom stereocenters. The monoisotopic (exact) mass is 1160 g/mol. The van der Waals surface area contributed by atoms with Crippen molar-refractivity contribution in [2.75, 3.05) is 161 Å². The van der Waals surface area contributed by atoms with E-state index in [2.05, 4.69) is 83.5 Å². The minimum Gasteiger partial charge on any atom is -0.456 e. The number of likely N-dealkylation sites (N-methyl/N-ethyl adjacent to an activating group) is 4. The number of hydrogen-bond acceptors (Lipinski definition) is 12. The van der Waals surface area contributed by atoms with Gasteiger partial charge in [-0.25, -0.2) is 19.2 Å². The molecule has 0 fully saturated rings. The highest BCUT2D eigenvalue weighted by Crippen LogP contribution is 2.14. The second-order valence-corrected chi connectivity index (χ2v) is 20.0. The van der Waals surface area contributed by atoms with E-state index in [1.165, 1.54) is 45.2 Å². The van der Waals surface area contributed by atoms with E-state index in [1.807, 2.05) is 72.8 Å². The molecule has 0 heterocycles. The van der Waals surface area contributed by atoms with Crippen molar-refractivity contribution in [2.24, 2.45) is 0 Å². The number of hydrogen-bond donors (Lipinski definition) is 4. The van der Waals surface area contributed by atoms with E-state index in [1.54, 1.807) is 48.5 Å². The van der Waals surface area contributed by atoms with Gasteiger partial charge in [0.2, 0.25) is 0 Å². The zero-order valence-corrected chi connectivity index (χ0v) is 53.9. The lowest BCUT2D eigenvalue weighted by atomic mass is 10.2. The summed E-state index contributed by atoms with van der Waals surface area (Å²) in [5, 5.41) is 28.0. The van der Waals surface area contributed by atoms with Crippen LogP contribution in [-0.2, 0) is 18.9 Å². The second-order valence-electron chi connectivity index (χ2n) is 20.0. The van der Waals surface area contributed by atoms with Gasteiger partial charge in [-0.2, -0.15) is 0 Å². The summed E-state index contributed by atoms with van der Waals surface area (Å²) in [5.74, 6) is -0.898. The lowest BCUT2D eigenvalue weighted by molar-refractivity contribution is -0.926. The third-order valence-corrected chi connectivity index (χ3v) is 13.9. The lowest BCUT2D eigenvalue weighted by Gasteiger charge is -2.37. The number of aliphatic hydroxyl groups excluding tert-OH is 4. The molecule has 0 aliphatic rings. The topological polar surface area (TPSA) is 186 Å². The number of quaternary nitrogens is 4. The number of carbonyl (C=O) groups excluding carboxylic acids is 4. The zero-order chi connectivity index (χ0) is 63.1. The van der Waals surface area contributed by atoms with Gasteiger partial charge in [-0.3, -0.25) is 0 Å². The minimum absolute atomic E-state index is 0.211. The van der Waals surface area contributed by atoms with Crippen LogP contribution in [0.15, 0.2) is 121 Å². The van der Waals surface area contributed by atoms with Crippen molar-refractivity contribution >= 4 is 23.9 Å². The van der Waals surface area contributed by atoms with Crippen molar-refractivity contribution in [1.82, 2.24) is 0 Å². The van der Waals surface area contributed by atoms with Crippen molar-refractivity contribution in [3.63, 3.8) is 0 Å². The first-order valence-electron chi connectivity index (χ1n) is 29.5. The van der Waals surface area contributed by atoms with Crippen molar-refractivity contribution in [3.8, 4) is 0 Å². The van der Waals surface area contributed by atoms with Gasteiger partial charge in [0.15, 0.2) is 0 Å². The predicted molar refractivity (Wildman–Crippen MR) is 336 cm³/mol. The van der Waals surface area contributed by atoms with Crippen molar-refractivity contribution in [2.45, 2.75) is 94.4 Å². The molecule has 0 radical (unpaired) electrons. The predicted octanol–water partition coefficient (Wildman–Crippen LogP) is 10.1. The second kappa shape index (κ2) is 53.4. The van der Waals surface area contributed by atoms with Crippen LogP contribution in [0, 0.1) is 0 Å². The summed E-state index contributed by atoms with van der Waals surface area (Å²) in [6.07, 6.45) is 5.96. The highest BCUT2D eigenvalue weighted by Gasteiger charge is 2.26. The first-order valence-corrected chi connectivity index (χ1v) is 29.5. The SMILES string of the molecule is CCCC[N+](CC)(CCC)CCOC(=O)c1ccccc1.CCC[N+](CC)(CCC)CCOC(=O)c1ccccc1.CC[N+](CC)(CC)CCOC(=O)c1ccccc1.CO.CO.CO.CO.C[N+](C)(C)CCOC(=O)c1ccccc1. The molecule has 0 bridgehead atoms. The van der Waals surface area contributed by atoms with Gasteiger partial charge >= 0.3 is 23.9 Å². The van der Waals surface area contributed by atoms with E-state index in [0.29, 0.717) is 48.7 Å². The Labute approximate surface area is 497 Å². The summed E-state index contributed by atoms with van der Waals surface area (Å²) in [7, 11) is 10.2. The Morgan fingerprint density at radius 3 is 0.732 bits per heavy atom. The molecule has 0 aliphatic carbocycles. The van der Waals surface area contributed by atoms with Crippen LogP contribution >= 0.6 is 0 Å². The van der Waals surface area contributed by atoms with Crippen LogP contribution in [0.25, 0.3) is 0 Å². The van der Waals surface area contributed by atoms with Crippen LogP contribution in [-0.4, -0.2) is 223 Å². The van der Waals surface area contributed by atoms with Gasteiger partial charge in [-0.05, 0) is 109 Å². The van der Waals surface area contributed by atoms with E-state index < -0.39 is 0 Å². The highest BCUT2D eigenvalue weighted by molar-refractivity contribution is 5.90. The van der Waals surface area contributed by atoms with Crippen molar-refractivity contribution < 1.29 is 76.5 Å². The number of rotatable bonds is 30. The summed E-state index contributed by atoms with van der Waals surface area (Å²) < 4.78 is 25.3. The Hall–Kier alpha value is -5.56. The number of ether oxygens (including phenoxy) is 4. The summed E-state index contributed by atoms with van der Waals surface area (Å²) >= 11 is 0. The molecule has 1 atom stereocenters. The normalized spacial score (nSPS) is 11.1. The van der Waals surface area contributed by atoms with Gasteiger partial charge in [0.1, 0.15) is 52.6 Å². The molecule has 0 aromatic heterocycles. The number of esters is 4. The van der Waals surface area contributed by atoms with Gasteiger partial charge in [0.25, 0.3) is 0 Å². The van der Waals surface area contributed by atoms with Crippen LogP contribution in [0.1, 0.15) is 136 Å². The number of unbranched alkanes of at least 4 members (excludes halogenated alkanes) is 1. The van der Waals surface area contributed by atoms with E-state index in [9.17, 15) is 19.2 Å². The Bertz CT molecular complexity index is 2060. The van der Waals surface area contributed by atoms with Gasteiger partial charge < -0.3 is 57.3 Å². The van der Waals surface area contributed by atoms with Crippen LogP contribution in [0.3, 0.4) is 0 Å². The molecular formula is C66H116N4O12+4. The van der Waals surface area contributed by atoms with Crippen LogP contribution in [0.4, 0.5) is 0 Å². The summed E-state index contributed by atoms with van der Waals surface area (Å²) in [5.41, 5.74) is 2.50. The fraction of sp³-hybridized carbons (Fsp3) is 0.576. The van der Waals surface area contributed by atoms with Gasteiger partial charge in [0, 0.05) is 28.4 Å². The Morgan fingerprint density at radius 2 is 0.524 bits per heavy atom. The summed E-state index contributed by atoms with van der Waals surface area (Å²) in [6.45, 7) is 35.5. The molecule has 0 spiro atoms. The number of nitrogens with zero attached hydrogens (tertiary/aromatic N) is 4. The van der Waals surface area contributed by atoms with Crippen molar-refractivity contribution in [3.05, 3.63) is 144 Å². The maximum atomic E-state index is 12.0. The molecule has 4 N–H and O–H groups in total. The van der Waals surface area contributed by atoms with Crippen LogP contribution < -0.4 is 0 Å². The third kappa shape index (κ3) is 38.3. The van der Waals surface area contributed by atoms with E-state index in [-0.39, 0.29) is 23.9 Å². The maximum absolute atomic E-state index is 12.0. The fourth-order valence-electron chi connectivity index (χ4n) is 8.72. The third-order valence-electron chi connectivity index (χ3n) is 13.9. The molecular weight excluding hydrogens is 1040 g/mol. The first kappa shape index (κ1) is 82.9. The van der Waals surface area contributed by atoms with Crippen LogP contribution in [0.2, 0.25) is 0 Å². The largest absolute Gasteiger partial charge is 0.456 e. The van der Waals surface area contributed by atoms with Crippen molar-refractivity contribution in [1.29, 1.82) is 0 Å². The molecule has 0 amide bonds. The molecule has 468 valence electrons. The van der Waals surface area contributed by atoms with E-state index >= 15 is 0 Å². The maximum Gasteiger partial charge on any atom is 0.338 e. The lowest BCUT2D eigenvalue weighted by Crippen LogP contribution is -2.51. The molecule has 4 aromatic rings. The quantitative estimate of drug-likeness (QED) is 0.0220. The molecule has 4 rings (SSSR count). The average Bonchev–Trinajstić information content (AvgIpc) is 3.52. The van der Waals surface area contributed by atoms with E-state index in [0.717, 1.165) is 118 Å². The Balaban J connectivity index is -0.000000477. The van der Waals surface area contributed by atoms with Gasteiger partial charge in [-0.1, -0.05) is 107 Å². The minimum atomic E-state index is -0.246. The average molecular weight is 1160 g/mol. The van der Waals surface area contributed by atoms with Gasteiger partial charge in [0.05, 0.1) is 102 Å². The molecule has 16 nitrogen and oxygen atoms in total. The zero-order valence-electron chi connectivity index (χ0n) is 53.9. The van der Waals surface area contributed by atoms with Gasteiger partial charge in [-0.15, -0.1) is 0 Å². The smallest absolute Gasteiger partial charge is 0.338 e. The number of benzene rings is 4. The summed E-state index contributed by atoms with van der Waals surface area (Å²) in [4.78, 5) is 47.1. The highest BCUT2D eigenvalue weighted by atomic mass is 16.5. The molecule has 4 aromatic carbocycles. The number of carbonyl (C=O) groups is 4. The first-order chi connectivity index (χ1) is 39.5. The summed E-state index contributed by atoms with van der Waals surface area (Å²) in [6, 6.07) is 36.6. The number of aliphatic hydroxyl groups is 4. The molecule has 0 aliphatic heterocycles. The fourth-order valence-corrected chi connectivity index (χ4v) is 8.72. The molecule has 16 heteroatoms.